The first kappa shape index (κ1) is 33.0. The van der Waals surface area contributed by atoms with Crippen LogP contribution in [0.2, 0.25) is 0 Å². The molecular formula is C52H36N4. The summed E-state index contributed by atoms with van der Waals surface area (Å²) in [6.45, 7) is 0. The largest absolute Gasteiger partial charge is 0.311 e. The highest BCUT2D eigenvalue weighted by atomic mass is 15.1. The summed E-state index contributed by atoms with van der Waals surface area (Å²) in [6, 6.07) is 76.7. The van der Waals surface area contributed by atoms with E-state index in [9.17, 15) is 0 Å². The molecule has 1 heterocycles. The Morgan fingerprint density at radius 1 is 0.250 bits per heavy atom. The maximum absolute atomic E-state index is 5.39. The van der Waals surface area contributed by atoms with Crippen molar-refractivity contribution < 1.29 is 0 Å². The van der Waals surface area contributed by atoms with Crippen molar-refractivity contribution in [3.63, 3.8) is 0 Å². The summed E-state index contributed by atoms with van der Waals surface area (Å²) in [5, 5.41) is 2.27. The molecular weight excluding hydrogens is 681 g/mol. The summed E-state index contributed by atoms with van der Waals surface area (Å²) in [7, 11) is 0. The van der Waals surface area contributed by atoms with Crippen molar-refractivity contribution in [1.82, 2.24) is 9.97 Å². The standard InChI is InChI=1S/C52H36N4/c1-5-17-39(18-6-1)55(40-19-7-2-8-20-40)43-33-29-37(30-34-43)49-45-25-13-14-26-46(45)50(52-51(49)53-47-27-15-16-28-48(47)54-52)38-31-35-44(36-32-38)56(41-21-9-3-10-22-41)42-23-11-4-12-24-42/h1-36H. The molecule has 4 nitrogen and oxygen atoms in total. The number of para-hydroxylation sites is 6. The molecule has 0 spiro atoms. The third-order valence-electron chi connectivity index (χ3n) is 10.4. The van der Waals surface area contributed by atoms with Gasteiger partial charge in [-0.3, -0.25) is 0 Å². The molecule has 4 heteroatoms. The smallest absolute Gasteiger partial charge is 0.0985 e. The van der Waals surface area contributed by atoms with Crippen molar-refractivity contribution in [2.45, 2.75) is 0 Å². The van der Waals surface area contributed by atoms with Gasteiger partial charge in [0.25, 0.3) is 0 Å². The van der Waals surface area contributed by atoms with Gasteiger partial charge in [0, 0.05) is 45.3 Å². The van der Waals surface area contributed by atoms with Gasteiger partial charge >= 0.3 is 0 Å². The lowest BCUT2D eigenvalue weighted by molar-refractivity contribution is 1.28. The van der Waals surface area contributed by atoms with Crippen LogP contribution in [0.3, 0.4) is 0 Å². The number of hydrogen-bond donors (Lipinski definition) is 0. The molecule has 264 valence electrons. The lowest BCUT2D eigenvalue weighted by atomic mass is 9.89. The highest BCUT2D eigenvalue weighted by Gasteiger charge is 2.21. The average Bonchev–Trinajstić information content (AvgIpc) is 3.27. The molecule has 0 aliphatic carbocycles. The monoisotopic (exact) mass is 716 g/mol. The van der Waals surface area contributed by atoms with Crippen LogP contribution in [0, 0.1) is 0 Å². The molecule has 56 heavy (non-hydrogen) atoms. The van der Waals surface area contributed by atoms with Crippen LogP contribution in [0.25, 0.3) is 55.1 Å². The van der Waals surface area contributed by atoms with Crippen molar-refractivity contribution in [2.24, 2.45) is 0 Å². The van der Waals surface area contributed by atoms with Crippen LogP contribution in [0.5, 0.6) is 0 Å². The van der Waals surface area contributed by atoms with Gasteiger partial charge in [-0.1, -0.05) is 133 Å². The third-order valence-corrected chi connectivity index (χ3v) is 10.4. The van der Waals surface area contributed by atoms with Crippen molar-refractivity contribution >= 4 is 67.0 Å². The number of nitrogens with zero attached hydrogens (tertiary/aromatic N) is 4. The summed E-state index contributed by atoms with van der Waals surface area (Å²) in [5.74, 6) is 0. The molecule has 0 unspecified atom stereocenters. The fourth-order valence-electron chi connectivity index (χ4n) is 7.86. The quantitative estimate of drug-likeness (QED) is 0.147. The fraction of sp³-hybridized carbons (Fsp3) is 0. The van der Waals surface area contributed by atoms with E-state index in [0.29, 0.717) is 0 Å². The molecule has 1 aromatic heterocycles. The van der Waals surface area contributed by atoms with E-state index in [1.54, 1.807) is 0 Å². The molecule has 0 saturated heterocycles. The SMILES string of the molecule is c1ccc(N(c2ccccc2)c2ccc(-c3c4ccccc4c(-c4ccc(N(c5ccccc5)c5ccccc5)cc4)c4nc5ccccc5nc34)cc2)cc1. The Morgan fingerprint density at radius 3 is 0.839 bits per heavy atom. The van der Waals surface area contributed by atoms with Crippen LogP contribution in [0.1, 0.15) is 0 Å². The zero-order chi connectivity index (χ0) is 37.3. The van der Waals surface area contributed by atoms with Crippen molar-refractivity contribution in [2.75, 3.05) is 9.80 Å². The number of fused-ring (bicyclic) bond motifs is 3. The van der Waals surface area contributed by atoms with Crippen molar-refractivity contribution in [1.29, 1.82) is 0 Å². The number of anilines is 6. The van der Waals surface area contributed by atoms with Gasteiger partial charge in [0.05, 0.1) is 22.1 Å². The second-order valence-electron chi connectivity index (χ2n) is 13.8. The first-order valence-electron chi connectivity index (χ1n) is 18.9. The zero-order valence-corrected chi connectivity index (χ0v) is 30.6. The first-order chi connectivity index (χ1) is 27.8. The number of hydrogen-bond acceptors (Lipinski definition) is 4. The Kier molecular flexibility index (Phi) is 8.47. The third kappa shape index (κ3) is 6.00. The molecule has 0 atom stereocenters. The molecule has 0 saturated carbocycles. The predicted molar refractivity (Wildman–Crippen MR) is 235 cm³/mol. The van der Waals surface area contributed by atoms with E-state index in [1.165, 1.54) is 0 Å². The molecule has 0 bridgehead atoms. The Bertz CT molecular complexity index is 2650. The summed E-state index contributed by atoms with van der Waals surface area (Å²) >= 11 is 0. The first-order valence-corrected chi connectivity index (χ1v) is 18.9. The lowest BCUT2D eigenvalue weighted by Crippen LogP contribution is -2.09. The van der Waals surface area contributed by atoms with Gasteiger partial charge in [-0.15, -0.1) is 0 Å². The van der Waals surface area contributed by atoms with Crippen LogP contribution < -0.4 is 9.80 Å². The lowest BCUT2D eigenvalue weighted by Gasteiger charge is -2.26. The van der Waals surface area contributed by atoms with Crippen LogP contribution in [0.15, 0.2) is 218 Å². The fourth-order valence-corrected chi connectivity index (χ4v) is 7.86. The van der Waals surface area contributed by atoms with Gasteiger partial charge < -0.3 is 9.80 Å². The Morgan fingerprint density at radius 2 is 0.518 bits per heavy atom. The maximum atomic E-state index is 5.39. The Balaban J connectivity index is 1.15. The minimum Gasteiger partial charge on any atom is -0.311 e. The van der Waals surface area contributed by atoms with E-state index in [-0.39, 0.29) is 0 Å². The van der Waals surface area contributed by atoms with Gasteiger partial charge in [0.2, 0.25) is 0 Å². The van der Waals surface area contributed by atoms with Crippen LogP contribution in [-0.2, 0) is 0 Å². The molecule has 0 amide bonds. The van der Waals surface area contributed by atoms with Crippen LogP contribution >= 0.6 is 0 Å². The predicted octanol–water partition coefficient (Wildman–Crippen LogP) is 14.2. The highest BCUT2D eigenvalue weighted by Crippen LogP contribution is 2.45. The van der Waals surface area contributed by atoms with Crippen LogP contribution in [0.4, 0.5) is 34.1 Å². The van der Waals surface area contributed by atoms with E-state index in [4.69, 9.17) is 9.97 Å². The van der Waals surface area contributed by atoms with E-state index in [2.05, 4.69) is 216 Å². The Hall–Kier alpha value is -7.56. The van der Waals surface area contributed by atoms with Crippen LogP contribution in [-0.4, -0.2) is 9.97 Å². The van der Waals surface area contributed by atoms with Gasteiger partial charge in [0.15, 0.2) is 0 Å². The minimum atomic E-state index is 0.871. The molecule has 9 aromatic carbocycles. The zero-order valence-electron chi connectivity index (χ0n) is 30.6. The second kappa shape index (κ2) is 14.3. The maximum Gasteiger partial charge on any atom is 0.0985 e. The number of aromatic nitrogens is 2. The van der Waals surface area contributed by atoms with E-state index < -0.39 is 0 Å². The highest BCUT2D eigenvalue weighted by molar-refractivity contribution is 6.20. The summed E-state index contributed by atoms with van der Waals surface area (Å²) in [6.07, 6.45) is 0. The number of benzene rings is 9. The molecule has 0 radical (unpaired) electrons. The molecule has 0 fully saturated rings. The summed E-state index contributed by atoms with van der Waals surface area (Å²) in [4.78, 5) is 15.4. The molecule has 0 aliphatic rings. The number of rotatable bonds is 8. The van der Waals surface area contributed by atoms with Gasteiger partial charge in [-0.25, -0.2) is 9.97 Å². The van der Waals surface area contributed by atoms with Gasteiger partial charge in [-0.2, -0.15) is 0 Å². The summed E-state index contributed by atoms with van der Waals surface area (Å²) in [5.41, 5.74) is 14.4. The second-order valence-corrected chi connectivity index (χ2v) is 13.8. The van der Waals surface area contributed by atoms with E-state index in [1.807, 2.05) is 12.1 Å². The van der Waals surface area contributed by atoms with E-state index in [0.717, 1.165) is 89.2 Å². The van der Waals surface area contributed by atoms with Gasteiger partial charge in [0.1, 0.15) is 0 Å². The normalized spacial score (nSPS) is 11.2. The molecule has 10 aromatic rings. The topological polar surface area (TPSA) is 32.3 Å². The summed E-state index contributed by atoms with van der Waals surface area (Å²) < 4.78 is 0. The van der Waals surface area contributed by atoms with E-state index >= 15 is 0 Å². The molecule has 0 N–H and O–H groups in total. The molecule has 0 aliphatic heterocycles. The van der Waals surface area contributed by atoms with Crippen molar-refractivity contribution in [3.05, 3.63) is 218 Å². The average molecular weight is 717 g/mol. The Labute approximate surface area is 326 Å². The van der Waals surface area contributed by atoms with Crippen molar-refractivity contribution in [3.8, 4) is 22.3 Å². The molecule has 10 rings (SSSR count). The minimum absolute atomic E-state index is 0.871. The van der Waals surface area contributed by atoms with Gasteiger partial charge in [-0.05, 0) is 107 Å².